The fourth-order valence-electron chi connectivity index (χ4n) is 3.06. The maximum Gasteiger partial charge on any atom is 0.191 e. The first kappa shape index (κ1) is 25.2. The van der Waals surface area contributed by atoms with E-state index in [4.69, 9.17) is 9.41 Å². The zero-order valence-corrected chi connectivity index (χ0v) is 19.9. The van der Waals surface area contributed by atoms with Gasteiger partial charge in [-0.15, -0.1) is 24.0 Å². The van der Waals surface area contributed by atoms with Crippen molar-refractivity contribution in [3.63, 3.8) is 0 Å². The van der Waals surface area contributed by atoms with Crippen LogP contribution < -0.4 is 10.6 Å². The normalized spacial score (nSPS) is 14.8. The van der Waals surface area contributed by atoms with Crippen molar-refractivity contribution in [1.82, 2.24) is 15.5 Å². The van der Waals surface area contributed by atoms with Crippen molar-refractivity contribution in [3.05, 3.63) is 23.2 Å². The highest BCUT2D eigenvalue weighted by atomic mass is 127. The lowest BCUT2D eigenvalue weighted by molar-refractivity contribution is 0.0601. The molecule has 1 aromatic heterocycles. The van der Waals surface area contributed by atoms with Gasteiger partial charge in [0.15, 0.2) is 5.96 Å². The molecule has 1 unspecified atom stereocenters. The highest BCUT2D eigenvalue weighted by molar-refractivity contribution is 14.0. The summed E-state index contributed by atoms with van der Waals surface area (Å²) in [5, 5.41) is 17.3. The molecule has 1 heterocycles. The van der Waals surface area contributed by atoms with Crippen LogP contribution in [0.5, 0.6) is 0 Å². The van der Waals surface area contributed by atoms with Crippen molar-refractivity contribution in [2.45, 2.75) is 47.1 Å². The Morgan fingerprint density at radius 2 is 1.85 bits per heavy atom. The molecular weight excluding hydrogens is 443 g/mol. The van der Waals surface area contributed by atoms with Crippen LogP contribution in [0.15, 0.2) is 15.5 Å². The molecule has 0 aliphatic heterocycles. The van der Waals surface area contributed by atoms with Crippen LogP contribution in [0, 0.1) is 19.3 Å². The number of aliphatic hydroxyl groups is 1. The largest absolute Gasteiger partial charge is 0.466 e. The first-order chi connectivity index (χ1) is 11.5. The van der Waals surface area contributed by atoms with Gasteiger partial charge >= 0.3 is 0 Å². The highest BCUT2D eigenvalue weighted by Crippen LogP contribution is 2.26. The summed E-state index contributed by atoms with van der Waals surface area (Å²) in [5.41, 5.74) is -0.148. The summed E-state index contributed by atoms with van der Waals surface area (Å²) >= 11 is 0. The second-order valence-electron chi connectivity index (χ2n) is 8.05. The number of furan rings is 1. The van der Waals surface area contributed by atoms with Crippen LogP contribution in [0.4, 0.5) is 0 Å². The van der Waals surface area contributed by atoms with Crippen LogP contribution in [0.2, 0.25) is 0 Å². The van der Waals surface area contributed by atoms with Gasteiger partial charge in [-0.1, -0.05) is 13.8 Å². The average molecular weight is 480 g/mol. The van der Waals surface area contributed by atoms with Crippen molar-refractivity contribution in [2.24, 2.45) is 10.4 Å². The summed E-state index contributed by atoms with van der Waals surface area (Å²) in [6, 6.07) is 1.89. The molecule has 0 aliphatic rings. The monoisotopic (exact) mass is 480 g/mol. The first-order valence-corrected chi connectivity index (χ1v) is 8.93. The van der Waals surface area contributed by atoms with Crippen molar-refractivity contribution in [3.8, 4) is 0 Å². The van der Waals surface area contributed by atoms with E-state index in [-0.39, 0.29) is 29.4 Å². The molecule has 0 spiro atoms. The first-order valence-electron chi connectivity index (χ1n) is 8.93. The molecule has 0 fully saturated rings. The van der Waals surface area contributed by atoms with Gasteiger partial charge in [-0.25, -0.2) is 0 Å². The molecule has 1 aromatic rings. The van der Waals surface area contributed by atoms with E-state index in [9.17, 15) is 5.11 Å². The van der Waals surface area contributed by atoms with Crippen LogP contribution in [0.25, 0.3) is 0 Å². The highest BCUT2D eigenvalue weighted by Gasteiger charge is 2.28. The Morgan fingerprint density at radius 3 is 2.31 bits per heavy atom. The molecule has 0 saturated heterocycles. The quantitative estimate of drug-likeness (QED) is 0.303. The lowest BCUT2D eigenvalue weighted by Crippen LogP contribution is -2.45. The second kappa shape index (κ2) is 10.5. The molecule has 0 aliphatic carbocycles. The molecule has 0 saturated carbocycles. The third-order valence-corrected chi connectivity index (χ3v) is 3.97. The molecule has 0 bridgehead atoms. The summed E-state index contributed by atoms with van der Waals surface area (Å²) in [6.45, 7) is 14.8. The summed E-state index contributed by atoms with van der Waals surface area (Å²) in [4.78, 5) is 6.87. The van der Waals surface area contributed by atoms with Gasteiger partial charge < -0.3 is 25.1 Å². The van der Waals surface area contributed by atoms with Crippen LogP contribution in [-0.4, -0.2) is 56.2 Å². The smallest absolute Gasteiger partial charge is 0.191 e. The minimum absolute atomic E-state index is 0. The molecule has 1 atom stereocenters. The number of nitrogens with zero attached hydrogens (tertiary/aromatic N) is 2. The zero-order chi connectivity index (χ0) is 19.3. The molecule has 26 heavy (non-hydrogen) atoms. The molecule has 0 aromatic carbocycles. The van der Waals surface area contributed by atoms with E-state index in [2.05, 4.69) is 43.5 Å². The van der Waals surface area contributed by atoms with E-state index in [1.165, 1.54) is 0 Å². The van der Waals surface area contributed by atoms with E-state index < -0.39 is 5.60 Å². The number of guanidine groups is 1. The van der Waals surface area contributed by atoms with Crippen LogP contribution in [-0.2, 0) is 5.60 Å². The summed E-state index contributed by atoms with van der Waals surface area (Å²) in [7, 11) is 4.14. The minimum Gasteiger partial charge on any atom is -0.466 e. The van der Waals surface area contributed by atoms with E-state index >= 15 is 0 Å². The standard InChI is InChI=1S/C19H36N4O2.HI/c1-9-20-17(21-11-18(4,5)13-23(7)8)22-12-19(6,24)16-10-14(2)25-15(16)3;/h10,24H,9,11-13H2,1-8H3,(H2,20,21,22);1H. The van der Waals surface area contributed by atoms with Crippen molar-refractivity contribution in [2.75, 3.05) is 40.3 Å². The third kappa shape index (κ3) is 8.26. The van der Waals surface area contributed by atoms with Gasteiger partial charge in [0.05, 0.1) is 6.54 Å². The SMILES string of the molecule is CCNC(=NCC(C)(C)CN(C)C)NCC(C)(O)c1cc(C)oc1C.I. The number of halogens is 1. The molecule has 6 nitrogen and oxygen atoms in total. The topological polar surface area (TPSA) is 73.0 Å². The van der Waals surface area contributed by atoms with E-state index in [1.54, 1.807) is 6.92 Å². The average Bonchev–Trinajstić information content (AvgIpc) is 2.80. The van der Waals surface area contributed by atoms with Gasteiger partial charge in [-0.2, -0.15) is 0 Å². The summed E-state index contributed by atoms with van der Waals surface area (Å²) in [6.07, 6.45) is 0. The molecule has 3 N–H and O–H groups in total. The third-order valence-electron chi connectivity index (χ3n) is 3.97. The summed E-state index contributed by atoms with van der Waals surface area (Å²) < 4.78 is 5.55. The Kier molecular flexibility index (Phi) is 10.2. The Labute approximate surface area is 175 Å². The predicted octanol–water partition coefficient (Wildman–Crippen LogP) is 2.86. The van der Waals surface area contributed by atoms with Crippen molar-refractivity contribution < 1.29 is 9.52 Å². The van der Waals surface area contributed by atoms with Gasteiger partial charge in [0.2, 0.25) is 0 Å². The molecule has 1 rings (SSSR count). The Bertz CT molecular complexity index is 580. The molecule has 7 heteroatoms. The molecule has 0 radical (unpaired) electrons. The van der Waals surface area contributed by atoms with E-state index in [0.29, 0.717) is 19.0 Å². The zero-order valence-electron chi connectivity index (χ0n) is 17.6. The fourth-order valence-corrected chi connectivity index (χ4v) is 3.06. The van der Waals surface area contributed by atoms with Gasteiger partial charge in [-0.05, 0) is 53.3 Å². The maximum absolute atomic E-state index is 10.8. The van der Waals surface area contributed by atoms with Crippen LogP contribution in [0.3, 0.4) is 0 Å². The van der Waals surface area contributed by atoms with E-state index in [0.717, 1.165) is 30.2 Å². The maximum atomic E-state index is 10.8. The Morgan fingerprint density at radius 1 is 1.23 bits per heavy atom. The van der Waals surface area contributed by atoms with Crippen molar-refractivity contribution >= 4 is 29.9 Å². The number of hydrogen-bond donors (Lipinski definition) is 3. The van der Waals surface area contributed by atoms with Crippen LogP contribution >= 0.6 is 24.0 Å². The van der Waals surface area contributed by atoms with Gasteiger partial charge in [0, 0.05) is 25.2 Å². The number of rotatable bonds is 8. The second-order valence-corrected chi connectivity index (χ2v) is 8.05. The minimum atomic E-state index is -1.03. The number of hydrogen-bond acceptors (Lipinski definition) is 4. The van der Waals surface area contributed by atoms with Crippen LogP contribution in [0.1, 0.15) is 44.8 Å². The van der Waals surface area contributed by atoms with Crippen molar-refractivity contribution in [1.29, 1.82) is 0 Å². The lowest BCUT2D eigenvalue weighted by Gasteiger charge is -2.28. The number of aryl methyl sites for hydroxylation is 2. The predicted molar refractivity (Wildman–Crippen MR) is 119 cm³/mol. The van der Waals surface area contributed by atoms with E-state index in [1.807, 2.05) is 26.8 Å². The Hall–Kier alpha value is -0.800. The number of nitrogens with one attached hydrogen (secondary N) is 2. The molecule has 0 amide bonds. The number of aliphatic imine (C=N–C) groups is 1. The summed E-state index contributed by atoms with van der Waals surface area (Å²) in [5.74, 6) is 2.27. The van der Waals surface area contributed by atoms with Gasteiger partial charge in [0.25, 0.3) is 0 Å². The van der Waals surface area contributed by atoms with Gasteiger partial charge in [0.1, 0.15) is 17.1 Å². The fraction of sp³-hybridized carbons (Fsp3) is 0.737. The lowest BCUT2D eigenvalue weighted by atomic mass is 9.93. The molecular formula is C19H37IN4O2. The van der Waals surface area contributed by atoms with Gasteiger partial charge in [-0.3, -0.25) is 4.99 Å². The molecule has 152 valence electrons. The Balaban J connectivity index is 0.00000625.